The van der Waals surface area contributed by atoms with Crippen LogP contribution in [0.5, 0.6) is 0 Å². The number of ether oxygens (including phenoxy) is 1. The summed E-state index contributed by atoms with van der Waals surface area (Å²) in [5, 5.41) is 9.31. The SMILES string of the molecule is C#CCCC(O)CC(C)OC. The average molecular weight is 156 g/mol. The van der Waals surface area contributed by atoms with Gasteiger partial charge in [0.25, 0.3) is 0 Å². The van der Waals surface area contributed by atoms with Crippen molar-refractivity contribution in [3.8, 4) is 12.3 Å². The highest BCUT2D eigenvalue weighted by Gasteiger charge is 2.07. The maximum absolute atomic E-state index is 9.31. The Labute approximate surface area is 68.6 Å². The normalized spacial score (nSPS) is 15.5. The smallest absolute Gasteiger partial charge is 0.0573 e. The van der Waals surface area contributed by atoms with Gasteiger partial charge in [-0.05, 0) is 19.8 Å². The van der Waals surface area contributed by atoms with E-state index in [9.17, 15) is 5.11 Å². The maximum Gasteiger partial charge on any atom is 0.0573 e. The standard InChI is InChI=1S/C9H16O2/c1-4-5-6-9(10)7-8(2)11-3/h1,8-10H,5-7H2,2-3H3. The first kappa shape index (κ1) is 10.5. The highest BCUT2D eigenvalue weighted by Crippen LogP contribution is 2.06. The van der Waals surface area contributed by atoms with E-state index in [0.717, 1.165) is 0 Å². The van der Waals surface area contributed by atoms with Crippen LogP contribution in [0.15, 0.2) is 0 Å². The number of hydrogen-bond donors (Lipinski definition) is 1. The Morgan fingerprint density at radius 2 is 2.27 bits per heavy atom. The van der Waals surface area contributed by atoms with Crippen LogP contribution in [-0.2, 0) is 4.74 Å². The van der Waals surface area contributed by atoms with Gasteiger partial charge < -0.3 is 9.84 Å². The minimum Gasteiger partial charge on any atom is -0.393 e. The maximum atomic E-state index is 9.31. The van der Waals surface area contributed by atoms with Gasteiger partial charge in [0.2, 0.25) is 0 Å². The fourth-order valence-corrected chi connectivity index (χ4v) is 0.847. The van der Waals surface area contributed by atoms with Gasteiger partial charge in [-0.3, -0.25) is 0 Å². The Kier molecular flexibility index (Phi) is 5.91. The summed E-state index contributed by atoms with van der Waals surface area (Å²) in [5.41, 5.74) is 0. The zero-order valence-electron chi connectivity index (χ0n) is 7.21. The fourth-order valence-electron chi connectivity index (χ4n) is 0.847. The van der Waals surface area contributed by atoms with Crippen molar-refractivity contribution >= 4 is 0 Å². The molecule has 0 spiro atoms. The van der Waals surface area contributed by atoms with Gasteiger partial charge in [-0.1, -0.05) is 0 Å². The molecular formula is C9H16O2. The summed E-state index contributed by atoms with van der Waals surface area (Å²) in [6.45, 7) is 1.93. The van der Waals surface area contributed by atoms with E-state index in [2.05, 4.69) is 5.92 Å². The lowest BCUT2D eigenvalue weighted by molar-refractivity contribution is 0.0535. The van der Waals surface area contributed by atoms with Crippen LogP contribution >= 0.6 is 0 Å². The summed E-state index contributed by atoms with van der Waals surface area (Å²) in [5.74, 6) is 2.49. The molecule has 1 N–H and O–H groups in total. The molecule has 0 saturated heterocycles. The zero-order chi connectivity index (χ0) is 8.69. The van der Waals surface area contributed by atoms with Crippen LogP contribution in [0.1, 0.15) is 26.2 Å². The second kappa shape index (κ2) is 6.21. The first-order valence-electron chi connectivity index (χ1n) is 3.85. The van der Waals surface area contributed by atoms with Crippen LogP contribution in [0.25, 0.3) is 0 Å². The molecule has 0 bridgehead atoms. The van der Waals surface area contributed by atoms with Gasteiger partial charge in [-0.2, -0.15) is 0 Å². The Bertz CT molecular complexity index is 126. The van der Waals surface area contributed by atoms with Crippen LogP contribution < -0.4 is 0 Å². The van der Waals surface area contributed by atoms with Gasteiger partial charge in [0, 0.05) is 13.5 Å². The molecular weight excluding hydrogens is 140 g/mol. The first-order chi connectivity index (χ1) is 5.20. The van der Waals surface area contributed by atoms with Crippen molar-refractivity contribution in [2.75, 3.05) is 7.11 Å². The van der Waals surface area contributed by atoms with Crippen LogP contribution in [0.2, 0.25) is 0 Å². The third-order valence-electron chi connectivity index (χ3n) is 1.63. The molecule has 0 aromatic carbocycles. The van der Waals surface area contributed by atoms with E-state index in [0.29, 0.717) is 19.3 Å². The lowest BCUT2D eigenvalue weighted by atomic mass is 10.1. The molecule has 0 rings (SSSR count). The van der Waals surface area contributed by atoms with E-state index in [1.54, 1.807) is 7.11 Å². The Morgan fingerprint density at radius 1 is 1.64 bits per heavy atom. The van der Waals surface area contributed by atoms with Crippen LogP contribution in [0.4, 0.5) is 0 Å². The second-order valence-electron chi connectivity index (χ2n) is 2.68. The largest absolute Gasteiger partial charge is 0.393 e. The lowest BCUT2D eigenvalue weighted by Crippen LogP contribution is -2.16. The number of terminal acetylenes is 1. The van der Waals surface area contributed by atoms with E-state index >= 15 is 0 Å². The first-order valence-corrected chi connectivity index (χ1v) is 3.85. The van der Waals surface area contributed by atoms with E-state index in [1.165, 1.54) is 0 Å². The highest BCUT2D eigenvalue weighted by molar-refractivity contribution is 4.84. The van der Waals surface area contributed by atoms with E-state index in [1.807, 2.05) is 6.92 Å². The molecule has 0 aromatic rings. The van der Waals surface area contributed by atoms with Crippen LogP contribution in [-0.4, -0.2) is 24.4 Å². The molecule has 0 heterocycles. The Balaban J connectivity index is 3.37. The molecule has 0 aliphatic rings. The van der Waals surface area contributed by atoms with E-state index in [-0.39, 0.29) is 12.2 Å². The molecule has 0 aromatic heterocycles. The quantitative estimate of drug-likeness (QED) is 0.606. The van der Waals surface area contributed by atoms with Crippen LogP contribution in [0, 0.1) is 12.3 Å². The summed E-state index contributed by atoms with van der Waals surface area (Å²) in [6, 6.07) is 0. The second-order valence-corrected chi connectivity index (χ2v) is 2.68. The van der Waals surface area contributed by atoms with Gasteiger partial charge in [0.15, 0.2) is 0 Å². The monoisotopic (exact) mass is 156 g/mol. The molecule has 0 fully saturated rings. The molecule has 0 radical (unpaired) electrons. The van der Waals surface area contributed by atoms with Crippen molar-refractivity contribution in [3.63, 3.8) is 0 Å². The minimum absolute atomic E-state index is 0.114. The number of hydrogen-bond acceptors (Lipinski definition) is 2. The lowest BCUT2D eigenvalue weighted by Gasteiger charge is -2.13. The Hall–Kier alpha value is -0.520. The molecule has 0 saturated carbocycles. The molecule has 0 aliphatic carbocycles. The van der Waals surface area contributed by atoms with Crippen molar-refractivity contribution in [2.24, 2.45) is 0 Å². The van der Waals surface area contributed by atoms with Gasteiger partial charge >= 0.3 is 0 Å². The van der Waals surface area contributed by atoms with Crippen molar-refractivity contribution in [3.05, 3.63) is 0 Å². The molecule has 2 unspecified atom stereocenters. The molecule has 2 nitrogen and oxygen atoms in total. The van der Waals surface area contributed by atoms with Crippen molar-refractivity contribution in [1.29, 1.82) is 0 Å². The summed E-state index contributed by atoms with van der Waals surface area (Å²) in [7, 11) is 1.64. The van der Waals surface area contributed by atoms with Gasteiger partial charge in [0.1, 0.15) is 0 Å². The van der Waals surface area contributed by atoms with E-state index in [4.69, 9.17) is 11.2 Å². The molecule has 2 atom stereocenters. The predicted molar refractivity (Wildman–Crippen MR) is 45.2 cm³/mol. The summed E-state index contributed by atoms with van der Waals surface area (Å²) in [4.78, 5) is 0. The third-order valence-corrected chi connectivity index (χ3v) is 1.63. The number of aliphatic hydroxyl groups excluding tert-OH is 1. The van der Waals surface area contributed by atoms with Crippen molar-refractivity contribution in [1.82, 2.24) is 0 Å². The van der Waals surface area contributed by atoms with Gasteiger partial charge in [-0.25, -0.2) is 0 Å². The summed E-state index contributed by atoms with van der Waals surface area (Å²) < 4.78 is 4.99. The minimum atomic E-state index is -0.319. The molecule has 11 heavy (non-hydrogen) atoms. The Morgan fingerprint density at radius 3 is 2.73 bits per heavy atom. The number of aliphatic hydroxyl groups is 1. The average Bonchev–Trinajstić information content (AvgIpc) is 2.00. The highest BCUT2D eigenvalue weighted by atomic mass is 16.5. The number of methoxy groups -OCH3 is 1. The number of rotatable bonds is 5. The van der Waals surface area contributed by atoms with E-state index < -0.39 is 0 Å². The predicted octanol–water partition coefficient (Wildman–Crippen LogP) is 1.19. The molecule has 0 amide bonds. The van der Waals surface area contributed by atoms with Crippen molar-refractivity contribution in [2.45, 2.75) is 38.4 Å². The van der Waals surface area contributed by atoms with Gasteiger partial charge in [0.05, 0.1) is 12.2 Å². The van der Waals surface area contributed by atoms with Crippen molar-refractivity contribution < 1.29 is 9.84 Å². The zero-order valence-corrected chi connectivity index (χ0v) is 7.21. The molecule has 2 heteroatoms. The van der Waals surface area contributed by atoms with Crippen LogP contribution in [0.3, 0.4) is 0 Å². The molecule has 0 aliphatic heterocycles. The third kappa shape index (κ3) is 5.90. The topological polar surface area (TPSA) is 29.5 Å². The fraction of sp³-hybridized carbons (Fsp3) is 0.778. The summed E-state index contributed by atoms with van der Waals surface area (Å²) in [6.07, 6.45) is 6.82. The van der Waals surface area contributed by atoms with Gasteiger partial charge in [-0.15, -0.1) is 12.3 Å². The summed E-state index contributed by atoms with van der Waals surface area (Å²) >= 11 is 0. The molecule has 64 valence electrons.